The van der Waals surface area contributed by atoms with Crippen molar-refractivity contribution in [2.75, 3.05) is 6.54 Å². The van der Waals surface area contributed by atoms with Gasteiger partial charge in [0.1, 0.15) is 11.1 Å². The molecule has 190 valence electrons. The van der Waals surface area contributed by atoms with E-state index in [1.807, 2.05) is 75.4 Å². The van der Waals surface area contributed by atoms with Gasteiger partial charge in [0.05, 0.1) is 18.8 Å². The molecule has 37 heavy (non-hydrogen) atoms. The summed E-state index contributed by atoms with van der Waals surface area (Å²) < 4.78 is 7.73. The Morgan fingerprint density at radius 2 is 1.35 bits per heavy atom. The van der Waals surface area contributed by atoms with E-state index in [0.717, 1.165) is 27.9 Å². The minimum Gasteiger partial charge on any atom is -0.444 e. The Morgan fingerprint density at radius 1 is 0.865 bits per heavy atom. The second-order valence-corrected chi connectivity index (χ2v) is 10.4. The molecule has 4 aromatic rings. The molecule has 0 unspecified atom stereocenters. The number of rotatable bonds is 5. The van der Waals surface area contributed by atoms with Crippen LogP contribution < -0.4 is 0 Å². The molecule has 0 fully saturated rings. The van der Waals surface area contributed by atoms with E-state index >= 15 is 0 Å². The predicted octanol–water partition coefficient (Wildman–Crippen LogP) is 5.51. The highest BCUT2D eigenvalue weighted by Gasteiger charge is 2.43. The number of amides is 1. The fraction of sp³-hybridized carbons (Fsp3) is 0.290. The molecule has 1 aliphatic rings. The van der Waals surface area contributed by atoms with Crippen molar-refractivity contribution in [3.63, 3.8) is 0 Å². The van der Waals surface area contributed by atoms with Gasteiger partial charge in [-0.3, -0.25) is 0 Å². The number of carbonyl (C=O) groups excluding carboxylic acids is 1. The monoisotopic (exact) mass is 495 g/mol. The van der Waals surface area contributed by atoms with Crippen LogP contribution in [0.1, 0.15) is 54.4 Å². The third-order valence-corrected chi connectivity index (χ3v) is 6.83. The topological polar surface area (TPSA) is 67.6 Å². The number of benzene rings is 3. The molecule has 1 amide bonds. The third-order valence-electron chi connectivity index (χ3n) is 6.83. The van der Waals surface area contributed by atoms with Crippen molar-refractivity contribution in [3.05, 3.63) is 125 Å². The molecule has 0 spiro atoms. The quantitative estimate of drug-likeness (QED) is 0.371. The average molecular weight is 496 g/mol. The van der Waals surface area contributed by atoms with Crippen LogP contribution in [0.3, 0.4) is 0 Å². The van der Waals surface area contributed by atoms with Crippen molar-refractivity contribution >= 4 is 6.09 Å². The van der Waals surface area contributed by atoms with Gasteiger partial charge in [-0.15, -0.1) is 0 Å². The first kappa shape index (κ1) is 24.8. The van der Waals surface area contributed by atoms with Gasteiger partial charge in [-0.05, 0) is 37.5 Å². The number of hydrogen-bond donors (Lipinski definition) is 1. The Kier molecular flexibility index (Phi) is 6.61. The maximum Gasteiger partial charge on any atom is 0.410 e. The van der Waals surface area contributed by atoms with E-state index < -0.39 is 11.1 Å². The maximum absolute atomic E-state index is 12.9. The van der Waals surface area contributed by atoms with Crippen LogP contribution in [0, 0.1) is 0 Å². The lowest BCUT2D eigenvalue weighted by molar-refractivity contribution is 0.0221. The number of hydrogen-bond acceptors (Lipinski definition) is 4. The highest BCUT2D eigenvalue weighted by atomic mass is 16.6. The summed E-state index contributed by atoms with van der Waals surface area (Å²) in [6, 6.07) is 31.1. The molecule has 2 heterocycles. The molecule has 0 saturated carbocycles. The summed E-state index contributed by atoms with van der Waals surface area (Å²) in [5, 5.41) is 15.5. The van der Waals surface area contributed by atoms with Crippen molar-refractivity contribution in [2.24, 2.45) is 0 Å². The molecule has 5 rings (SSSR count). The van der Waals surface area contributed by atoms with Gasteiger partial charge in [0, 0.05) is 24.2 Å². The number of aliphatic hydroxyl groups excluding tert-OH is 1. The molecule has 0 bridgehead atoms. The summed E-state index contributed by atoms with van der Waals surface area (Å²) in [6.07, 6.45) is 0.241. The highest BCUT2D eigenvalue weighted by Crippen LogP contribution is 2.43. The van der Waals surface area contributed by atoms with Gasteiger partial charge < -0.3 is 14.7 Å². The van der Waals surface area contributed by atoms with Crippen LogP contribution in [0.2, 0.25) is 0 Å². The van der Waals surface area contributed by atoms with Crippen molar-refractivity contribution < 1.29 is 14.6 Å². The Labute approximate surface area is 218 Å². The van der Waals surface area contributed by atoms with E-state index in [1.54, 1.807) is 4.90 Å². The zero-order chi connectivity index (χ0) is 26.0. The van der Waals surface area contributed by atoms with E-state index in [0.29, 0.717) is 25.2 Å². The number of ether oxygens (including phenoxy) is 1. The van der Waals surface area contributed by atoms with Crippen LogP contribution in [0.15, 0.2) is 91.0 Å². The molecule has 1 aromatic heterocycles. The minimum atomic E-state index is -0.768. The zero-order valence-corrected chi connectivity index (χ0v) is 21.6. The Balaban J connectivity index is 1.74. The van der Waals surface area contributed by atoms with Gasteiger partial charge in [0.15, 0.2) is 0 Å². The first-order valence-electron chi connectivity index (χ1n) is 12.7. The van der Waals surface area contributed by atoms with Crippen molar-refractivity contribution in [2.45, 2.75) is 51.5 Å². The predicted molar refractivity (Wildman–Crippen MR) is 143 cm³/mol. The van der Waals surface area contributed by atoms with E-state index in [4.69, 9.17) is 9.84 Å². The minimum absolute atomic E-state index is 0.216. The van der Waals surface area contributed by atoms with E-state index in [1.165, 1.54) is 0 Å². The molecule has 1 aliphatic heterocycles. The summed E-state index contributed by atoms with van der Waals surface area (Å²) in [7, 11) is 0. The first-order valence-corrected chi connectivity index (χ1v) is 12.7. The van der Waals surface area contributed by atoms with E-state index in [2.05, 4.69) is 41.1 Å². The van der Waals surface area contributed by atoms with Crippen LogP contribution in [-0.2, 0) is 29.8 Å². The Bertz CT molecular complexity index is 1260. The SMILES string of the molecule is CC(C)(C)OC(=O)N1CCc2c(c(CO)nn2C(c2ccccc2)(c2ccccc2)c2ccccc2)C1. The molecule has 1 N–H and O–H groups in total. The van der Waals surface area contributed by atoms with Crippen molar-refractivity contribution in [3.8, 4) is 0 Å². The van der Waals surface area contributed by atoms with Gasteiger partial charge >= 0.3 is 6.09 Å². The van der Waals surface area contributed by atoms with E-state index in [-0.39, 0.29) is 12.7 Å². The third kappa shape index (κ3) is 4.53. The van der Waals surface area contributed by atoms with Crippen LogP contribution in [-0.4, -0.2) is 38.0 Å². The zero-order valence-electron chi connectivity index (χ0n) is 21.6. The number of nitrogens with zero attached hydrogens (tertiary/aromatic N) is 3. The van der Waals surface area contributed by atoms with Crippen LogP contribution in [0.4, 0.5) is 4.79 Å². The summed E-state index contributed by atoms with van der Waals surface area (Å²) in [5.74, 6) is 0. The molecule has 0 aliphatic carbocycles. The van der Waals surface area contributed by atoms with Crippen molar-refractivity contribution in [1.82, 2.24) is 14.7 Å². The molecule has 6 nitrogen and oxygen atoms in total. The van der Waals surface area contributed by atoms with Crippen LogP contribution >= 0.6 is 0 Å². The molecule has 0 atom stereocenters. The van der Waals surface area contributed by atoms with Crippen LogP contribution in [0.5, 0.6) is 0 Å². The lowest BCUT2D eigenvalue weighted by Gasteiger charge is -2.39. The fourth-order valence-electron chi connectivity index (χ4n) is 5.28. The summed E-state index contributed by atoms with van der Waals surface area (Å²) in [4.78, 5) is 14.6. The lowest BCUT2D eigenvalue weighted by Crippen LogP contribution is -2.43. The summed E-state index contributed by atoms with van der Waals surface area (Å²) >= 11 is 0. The van der Waals surface area contributed by atoms with Gasteiger partial charge in [-0.25, -0.2) is 9.48 Å². The molecule has 0 saturated heterocycles. The number of aliphatic hydroxyl groups is 1. The van der Waals surface area contributed by atoms with Gasteiger partial charge in [-0.2, -0.15) is 5.10 Å². The number of aromatic nitrogens is 2. The number of carbonyl (C=O) groups is 1. The maximum atomic E-state index is 12.9. The summed E-state index contributed by atoms with van der Waals surface area (Å²) in [6.45, 7) is 6.23. The number of fused-ring (bicyclic) bond motifs is 1. The van der Waals surface area contributed by atoms with Gasteiger partial charge in [0.2, 0.25) is 0 Å². The fourth-order valence-corrected chi connectivity index (χ4v) is 5.28. The highest BCUT2D eigenvalue weighted by molar-refractivity contribution is 5.68. The van der Waals surface area contributed by atoms with E-state index in [9.17, 15) is 9.90 Å². The van der Waals surface area contributed by atoms with Crippen molar-refractivity contribution in [1.29, 1.82) is 0 Å². The Hall–Kier alpha value is -3.90. The first-order chi connectivity index (χ1) is 17.8. The van der Waals surface area contributed by atoms with Gasteiger partial charge in [-0.1, -0.05) is 91.0 Å². The lowest BCUT2D eigenvalue weighted by atomic mass is 9.76. The largest absolute Gasteiger partial charge is 0.444 e. The second kappa shape index (κ2) is 9.87. The standard InChI is InChI=1S/C31H33N3O3/c1-30(2,3)37-29(36)33-20-19-28-26(21-33)27(22-35)32-34(28)31(23-13-7-4-8-14-23,24-15-9-5-10-16-24)25-17-11-6-12-18-25/h4-18,35H,19-22H2,1-3H3. The molecule has 6 heteroatoms. The summed E-state index contributed by atoms with van der Waals surface area (Å²) in [5.41, 5.74) is 4.33. The molecular weight excluding hydrogens is 462 g/mol. The molecular formula is C31H33N3O3. The molecule has 0 radical (unpaired) electrons. The van der Waals surface area contributed by atoms with Crippen LogP contribution in [0.25, 0.3) is 0 Å². The molecule has 3 aromatic carbocycles. The second-order valence-electron chi connectivity index (χ2n) is 10.4. The normalized spacial score (nSPS) is 13.8. The smallest absolute Gasteiger partial charge is 0.410 e. The Morgan fingerprint density at radius 3 is 1.78 bits per heavy atom. The average Bonchev–Trinajstić information content (AvgIpc) is 3.28. The van der Waals surface area contributed by atoms with Gasteiger partial charge in [0.25, 0.3) is 0 Å².